The third-order valence-corrected chi connectivity index (χ3v) is 25.1. The van der Waals surface area contributed by atoms with Crippen LogP contribution in [0.4, 0.5) is 0 Å². The maximum Gasteiger partial charge on any atom is 0.161 e. The van der Waals surface area contributed by atoms with Gasteiger partial charge in [0.1, 0.15) is 0 Å². The van der Waals surface area contributed by atoms with Gasteiger partial charge in [0.15, 0.2) is 69.0 Å². The zero-order valence-corrected chi connectivity index (χ0v) is 75.9. The molecule has 646 valence electrons. The summed E-state index contributed by atoms with van der Waals surface area (Å²) in [7, 11) is 7.71. The van der Waals surface area contributed by atoms with Crippen LogP contribution in [0.5, 0.6) is 69.0 Å². The van der Waals surface area contributed by atoms with Crippen LogP contribution in [0.15, 0.2) is 72.8 Å². The molecule has 0 aliphatic rings. The monoisotopic (exact) mass is 1640 g/mol. The molecule has 12 nitrogen and oxygen atoms in total. The molecule has 8 aromatic carbocycles. The molecule has 0 radical (unpaired) electrons. The van der Waals surface area contributed by atoms with E-state index < -0.39 is 0 Å². The van der Waals surface area contributed by atoms with E-state index in [1.54, 1.807) is 14.2 Å². The highest BCUT2D eigenvalue weighted by molar-refractivity contribution is 8.76. The van der Waals surface area contributed by atoms with Crippen molar-refractivity contribution in [1.29, 1.82) is 0 Å². The fourth-order valence-electron chi connectivity index (χ4n) is 15.6. The van der Waals surface area contributed by atoms with E-state index in [1.165, 1.54) is 114 Å². The number of hydrogen-bond acceptors (Lipinski definition) is 14. The van der Waals surface area contributed by atoms with Crippen molar-refractivity contribution >= 4 is 86.2 Å². The highest BCUT2D eigenvalue weighted by Gasteiger charge is 2.24. The van der Waals surface area contributed by atoms with Crippen LogP contribution < -0.4 is 56.8 Å². The molecule has 0 amide bonds. The zero-order chi connectivity index (χ0) is 81.8. The molecule has 0 saturated heterocycles. The van der Waals surface area contributed by atoms with Crippen LogP contribution in [0.1, 0.15) is 338 Å². The number of fused-ring (bicyclic) bond motifs is 12. The predicted molar refractivity (Wildman–Crippen MR) is 499 cm³/mol. The summed E-state index contributed by atoms with van der Waals surface area (Å²) < 4.78 is 78.5. The van der Waals surface area contributed by atoms with E-state index in [0.29, 0.717) is 66.1 Å². The number of rotatable bonds is 71. The van der Waals surface area contributed by atoms with Gasteiger partial charge in [0.2, 0.25) is 0 Å². The predicted octanol–water partition coefficient (Wildman–Crippen LogP) is 31.8. The SMILES string of the molecule is CCCCCOc1cc2c3cc(OC)c(OCCCCCCCCCCCCSSCCCCCCCCCCCCOc4cc5c(cc4OC)c4cc(OCCCCC)c(OCCCCC)cc4c4cc(OCCCCC)c(OCCCCC)cc54)cc3c3cc(OCCCCC)c(OCCCCC)cc3c2cc1OCCCCC. The summed E-state index contributed by atoms with van der Waals surface area (Å²) in [6, 6.07) is 26.4. The first kappa shape index (κ1) is 95.1. The summed E-state index contributed by atoms with van der Waals surface area (Å²) in [5, 5.41) is 13.1. The Bertz CT molecular complexity index is 3770. The van der Waals surface area contributed by atoms with Crippen molar-refractivity contribution in [1.82, 2.24) is 0 Å². The van der Waals surface area contributed by atoms with E-state index in [2.05, 4.69) is 150 Å². The first-order valence-corrected chi connectivity index (χ1v) is 49.5. The van der Waals surface area contributed by atoms with Gasteiger partial charge in [0.25, 0.3) is 0 Å². The summed E-state index contributed by atoms with van der Waals surface area (Å²) in [5.41, 5.74) is 0. The van der Waals surface area contributed by atoms with Crippen molar-refractivity contribution in [2.24, 2.45) is 0 Å². The van der Waals surface area contributed by atoms with E-state index in [4.69, 9.17) is 56.8 Å². The molecule has 0 aliphatic heterocycles. The lowest BCUT2D eigenvalue weighted by Crippen LogP contribution is -2.04. The van der Waals surface area contributed by atoms with Crippen LogP contribution in [0.3, 0.4) is 0 Å². The summed E-state index contributed by atoms with van der Waals surface area (Å²) in [6.07, 6.45) is 51.6. The third kappa shape index (κ3) is 31.6. The van der Waals surface area contributed by atoms with Gasteiger partial charge in [-0.15, -0.1) is 0 Å². The van der Waals surface area contributed by atoms with Crippen LogP contribution in [0, 0.1) is 0 Å². The third-order valence-electron chi connectivity index (χ3n) is 22.6. The van der Waals surface area contributed by atoms with Crippen LogP contribution in [0.2, 0.25) is 0 Å². The van der Waals surface area contributed by atoms with Crippen molar-refractivity contribution in [2.75, 3.05) is 91.8 Å². The van der Waals surface area contributed by atoms with Gasteiger partial charge in [-0.1, -0.05) is 282 Å². The quantitative estimate of drug-likeness (QED) is 0.0205. The smallest absolute Gasteiger partial charge is 0.161 e. The molecule has 0 heterocycles. The molecular formula is C102H154O12S2. The Balaban J connectivity index is 0.716. The normalized spacial score (nSPS) is 11.6. The first-order valence-electron chi connectivity index (χ1n) is 47.0. The van der Waals surface area contributed by atoms with Crippen molar-refractivity contribution < 1.29 is 56.8 Å². The molecule has 0 N–H and O–H groups in total. The molecule has 8 rings (SSSR count). The fraction of sp³-hybridized carbons (Fsp3) is 0.647. The molecule has 0 spiro atoms. The standard InChI is InChI=1S/C102H154O12S2/c1-11-19-43-55-107-95-71-83-79-67-91(103-9)93(69-81(79)85-73-97(109-57-45-21-13-3)101(113-61-49-25-17-7)77-89(85)87(83)75-99(95)111-59-47-23-15-5)105-63-51-39-35-31-27-29-33-37-41-53-65-115-116-66-54-42-38-34-30-28-32-36-40-52-64-106-94-70-82-80(68-92(94)104-10)84-72-96(108-56-44-20-12-2)100(112-60-48-24-16-6)76-88(84)90-78-102(114-62-50-26-18-8)98(74-86(82)90)110-58-46-22-14-4/h67-78H,11-66H2,1-10H3. The molecule has 0 aliphatic carbocycles. The summed E-state index contributed by atoms with van der Waals surface area (Å²) in [5.74, 6) is 11.9. The number of benzene rings is 8. The second-order valence-corrected chi connectivity index (χ2v) is 35.0. The maximum atomic E-state index is 6.68. The highest BCUT2D eigenvalue weighted by atomic mass is 33.1. The molecule has 0 fully saturated rings. The van der Waals surface area contributed by atoms with Crippen LogP contribution in [-0.4, -0.2) is 91.8 Å². The molecular weight excluding hydrogens is 1480 g/mol. The first-order chi connectivity index (χ1) is 57.3. The average Bonchev–Trinajstić information content (AvgIpc) is 0.732. The van der Waals surface area contributed by atoms with Gasteiger partial charge in [-0.05, 0) is 214 Å². The largest absolute Gasteiger partial charge is 0.493 e. The minimum atomic E-state index is 0.647. The van der Waals surface area contributed by atoms with Crippen LogP contribution in [0.25, 0.3) is 64.6 Å². The molecule has 116 heavy (non-hydrogen) atoms. The molecule has 0 saturated carbocycles. The Hall–Kier alpha value is -6.38. The molecule has 0 aromatic heterocycles. The summed E-state index contributed by atoms with van der Waals surface area (Å²) in [6.45, 7) is 24.3. The van der Waals surface area contributed by atoms with E-state index >= 15 is 0 Å². The van der Waals surface area contributed by atoms with E-state index in [1.807, 2.05) is 0 Å². The zero-order valence-electron chi connectivity index (χ0n) is 74.2. The van der Waals surface area contributed by atoms with Gasteiger partial charge >= 0.3 is 0 Å². The van der Waals surface area contributed by atoms with Crippen molar-refractivity contribution in [3.63, 3.8) is 0 Å². The summed E-state index contributed by atoms with van der Waals surface area (Å²) in [4.78, 5) is 0. The van der Waals surface area contributed by atoms with E-state index in [9.17, 15) is 0 Å². The number of ether oxygens (including phenoxy) is 12. The Morgan fingerprint density at radius 1 is 0.155 bits per heavy atom. The van der Waals surface area contributed by atoms with Crippen LogP contribution in [-0.2, 0) is 0 Å². The molecule has 14 heteroatoms. The van der Waals surface area contributed by atoms with Crippen molar-refractivity contribution in [2.45, 2.75) is 338 Å². The van der Waals surface area contributed by atoms with Crippen molar-refractivity contribution in [3.8, 4) is 69.0 Å². The van der Waals surface area contributed by atoms with Gasteiger partial charge in [-0.25, -0.2) is 0 Å². The van der Waals surface area contributed by atoms with Gasteiger partial charge < -0.3 is 56.8 Å². The second-order valence-electron chi connectivity index (χ2n) is 32.3. The number of hydrogen-bond donors (Lipinski definition) is 0. The fourth-order valence-corrected chi connectivity index (χ4v) is 17.9. The second kappa shape index (κ2) is 57.7. The molecule has 0 unspecified atom stereocenters. The minimum absolute atomic E-state index is 0.647. The van der Waals surface area contributed by atoms with Gasteiger partial charge in [0.05, 0.1) is 80.3 Å². The lowest BCUT2D eigenvalue weighted by molar-refractivity contribution is 0.260. The average molecular weight is 1640 g/mol. The molecule has 0 bridgehead atoms. The lowest BCUT2D eigenvalue weighted by atomic mass is 9.93. The van der Waals surface area contributed by atoms with Crippen molar-refractivity contribution in [3.05, 3.63) is 72.8 Å². The summed E-state index contributed by atoms with van der Waals surface area (Å²) >= 11 is 0. The van der Waals surface area contributed by atoms with Gasteiger partial charge in [0, 0.05) is 11.5 Å². The van der Waals surface area contributed by atoms with Gasteiger partial charge in [-0.2, -0.15) is 0 Å². The van der Waals surface area contributed by atoms with Crippen LogP contribution >= 0.6 is 21.6 Å². The maximum absolute atomic E-state index is 6.68. The molecule has 0 atom stereocenters. The Morgan fingerprint density at radius 2 is 0.276 bits per heavy atom. The Morgan fingerprint density at radius 3 is 0.422 bits per heavy atom. The highest BCUT2D eigenvalue weighted by Crippen LogP contribution is 2.50. The Kier molecular flexibility index (Phi) is 47.3. The van der Waals surface area contributed by atoms with E-state index in [-0.39, 0.29) is 0 Å². The minimum Gasteiger partial charge on any atom is -0.493 e. The number of methoxy groups -OCH3 is 2. The topological polar surface area (TPSA) is 111 Å². The Labute approximate surface area is 710 Å². The van der Waals surface area contributed by atoms with E-state index in [0.717, 1.165) is 313 Å². The van der Waals surface area contributed by atoms with Gasteiger partial charge in [-0.3, -0.25) is 0 Å². The lowest BCUT2D eigenvalue weighted by Gasteiger charge is -2.20. The number of unbranched alkanes of at least 4 members (excludes halogenated alkanes) is 34. The molecule has 8 aromatic rings.